The van der Waals surface area contributed by atoms with Crippen molar-refractivity contribution in [3.8, 4) is 33.6 Å². The van der Waals surface area contributed by atoms with Gasteiger partial charge in [-0.15, -0.1) is 0 Å². The maximum Gasteiger partial charge on any atom is 0.0542 e. The molecule has 16 rings (SSSR count). The summed E-state index contributed by atoms with van der Waals surface area (Å²) in [4.78, 5) is 4.74. The van der Waals surface area contributed by atoms with Crippen molar-refractivity contribution in [3.05, 3.63) is 312 Å². The molecule has 0 aliphatic heterocycles. The van der Waals surface area contributed by atoms with Crippen molar-refractivity contribution < 1.29 is 0 Å². The van der Waals surface area contributed by atoms with Crippen LogP contribution < -0.4 is 9.80 Å². The van der Waals surface area contributed by atoms with Gasteiger partial charge in [0.1, 0.15) is 0 Å². The van der Waals surface area contributed by atoms with E-state index in [2.05, 4.69) is 338 Å². The van der Waals surface area contributed by atoms with Crippen molar-refractivity contribution in [1.82, 2.24) is 9.13 Å². The minimum absolute atomic E-state index is 0.0895. The molecule has 12 aromatic carbocycles. The van der Waals surface area contributed by atoms with Gasteiger partial charge < -0.3 is 18.9 Å². The molecule has 0 radical (unpaired) electrons. The van der Waals surface area contributed by atoms with Gasteiger partial charge in [-0.3, -0.25) is 0 Å². The first kappa shape index (κ1) is 49.4. The Balaban J connectivity index is 0.699. The lowest BCUT2D eigenvalue weighted by atomic mass is 9.82. The molecule has 0 unspecified atom stereocenters. The van der Waals surface area contributed by atoms with Crippen LogP contribution in [0.25, 0.3) is 89.4 Å². The van der Waals surface area contributed by atoms with Crippen molar-refractivity contribution in [2.24, 2.45) is 0 Å². The van der Waals surface area contributed by atoms with Gasteiger partial charge in [0.2, 0.25) is 0 Å². The molecule has 0 spiro atoms. The quantitative estimate of drug-likeness (QED) is 0.127. The Hall–Kier alpha value is -10.4. The molecule has 2 aromatic heterocycles. The second-order valence-corrected chi connectivity index (χ2v) is 23.8. The van der Waals surface area contributed by atoms with Crippen LogP contribution in [0.5, 0.6) is 0 Å². The zero-order valence-electron chi connectivity index (χ0n) is 47.5. The highest BCUT2D eigenvalue weighted by atomic mass is 15.1. The second kappa shape index (κ2) is 19.1. The Bertz CT molecular complexity index is 4630. The molecule has 0 atom stereocenters. The Morgan fingerprint density at radius 3 is 1.02 bits per heavy atom. The summed E-state index contributed by atoms with van der Waals surface area (Å²) in [7, 11) is 0. The van der Waals surface area contributed by atoms with E-state index < -0.39 is 0 Å². The Morgan fingerprint density at radius 2 is 0.595 bits per heavy atom. The number of hydrogen-bond acceptors (Lipinski definition) is 2. The van der Waals surface area contributed by atoms with Crippen LogP contribution in [0.2, 0.25) is 0 Å². The van der Waals surface area contributed by atoms with Gasteiger partial charge in [-0.25, -0.2) is 0 Å². The largest absolute Gasteiger partial charge is 0.310 e. The number of nitrogens with zero attached hydrogens (tertiary/aromatic N) is 4. The normalized spacial score (nSPS) is 13.6. The lowest BCUT2D eigenvalue weighted by Crippen LogP contribution is -2.15. The van der Waals surface area contributed by atoms with Gasteiger partial charge in [0.25, 0.3) is 0 Å². The lowest BCUT2D eigenvalue weighted by Gasteiger charge is -2.26. The molecule has 0 bridgehead atoms. The van der Waals surface area contributed by atoms with E-state index in [4.69, 9.17) is 0 Å². The highest BCUT2D eigenvalue weighted by Gasteiger charge is 2.37. The Labute approximate surface area is 490 Å². The smallest absolute Gasteiger partial charge is 0.0542 e. The van der Waals surface area contributed by atoms with E-state index in [1.807, 2.05) is 0 Å². The molecule has 4 nitrogen and oxygen atoms in total. The van der Waals surface area contributed by atoms with Gasteiger partial charge >= 0.3 is 0 Å². The summed E-state index contributed by atoms with van der Waals surface area (Å²) in [5.74, 6) is 0. The highest BCUT2D eigenvalue weighted by molar-refractivity contribution is 6.12. The molecular weight excluding hydrogens is 1020 g/mol. The van der Waals surface area contributed by atoms with Gasteiger partial charge in [-0.05, 0) is 177 Å². The van der Waals surface area contributed by atoms with Gasteiger partial charge in [0.05, 0.1) is 22.1 Å². The Kier molecular flexibility index (Phi) is 11.2. The summed E-state index contributed by atoms with van der Waals surface area (Å²) in [6, 6.07) is 103. The first-order valence-corrected chi connectivity index (χ1v) is 29.3. The fourth-order valence-corrected chi connectivity index (χ4v) is 14.1. The van der Waals surface area contributed by atoms with E-state index >= 15 is 0 Å². The minimum Gasteiger partial charge on any atom is -0.310 e. The number of fused-ring (bicyclic) bond motifs is 12. The molecule has 2 aliphatic rings. The number of para-hydroxylation sites is 4. The van der Waals surface area contributed by atoms with Crippen LogP contribution in [-0.4, -0.2) is 9.13 Å². The second-order valence-electron chi connectivity index (χ2n) is 23.8. The fourth-order valence-electron chi connectivity index (χ4n) is 14.1. The first-order chi connectivity index (χ1) is 41.2. The summed E-state index contributed by atoms with van der Waals surface area (Å²) in [6.07, 6.45) is 4.43. The average Bonchev–Trinajstić information content (AvgIpc) is 2.77. The van der Waals surface area contributed by atoms with E-state index in [-0.39, 0.29) is 10.8 Å². The van der Waals surface area contributed by atoms with Crippen molar-refractivity contribution in [1.29, 1.82) is 0 Å². The van der Waals surface area contributed by atoms with Crippen LogP contribution >= 0.6 is 0 Å². The maximum absolute atomic E-state index is 2.45. The zero-order chi connectivity index (χ0) is 56.3. The van der Waals surface area contributed by atoms with Crippen LogP contribution in [0, 0.1) is 0 Å². The third-order valence-electron chi connectivity index (χ3n) is 18.3. The highest BCUT2D eigenvalue weighted by Crippen LogP contribution is 2.52. The van der Waals surface area contributed by atoms with E-state index in [1.165, 1.54) is 99.5 Å². The molecule has 0 fully saturated rings. The maximum atomic E-state index is 2.45. The van der Waals surface area contributed by atoms with E-state index in [1.54, 1.807) is 0 Å². The average molecular weight is 1080 g/mol. The third kappa shape index (κ3) is 7.74. The number of rotatable bonds is 10. The fraction of sp³-hybridized carbons (Fsp3) is 0.0750. The van der Waals surface area contributed by atoms with Crippen LogP contribution in [0.1, 0.15) is 61.1 Å². The monoisotopic (exact) mass is 1080 g/mol. The van der Waals surface area contributed by atoms with Crippen LogP contribution in [-0.2, 0) is 10.8 Å². The molecule has 400 valence electrons. The standard InChI is InChI=1S/C80H60N4/c1-79(2)71-27-15-11-23-63(71)65-45-41-61(51-73(65)79)83-75-29-17-13-25-67(75)69-49-59(43-47-77(69)83)81(55-19-7-5-8-20-55)57-37-33-53(34-38-57)31-32-54-35-39-58(40-36-54)82(56-21-9-6-10-22-56)60-44-48-78-70(50-60)68-26-14-18-30-76(68)84(78)62-42-46-66-64-24-12-16-28-72(64)80(3,4)74(66)52-62/h5-52H,1-4H3. The van der Waals surface area contributed by atoms with E-state index in [9.17, 15) is 0 Å². The molecular formula is C80H60N4. The van der Waals surface area contributed by atoms with Gasteiger partial charge in [-0.2, -0.15) is 0 Å². The van der Waals surface area contributed by atoms with Crippen molar-refractivity contribution >= 4 is 89.9 Å². The molecule has 84 heavy (non-hydrogen) atoms. The van der Waals surface area contributed by atoms with Crippen LogP contribution in [0.3, 0.4) is 0 Å². The van der Waals surface area contributed by atoms with Crippen molar-refractivity contribution in [2.75, 3.05) is 9.80 Å². The summed E-state index contributed by atoms with van der Waals surface area (Å²) in [6.45, 7) is 9.43. The number of aromatic nitrogens is 2. The van der Waals surface area contributed by atoms with E-state index in [0.717, 1.165) is 45.3 Å². The number of anilines is 6. The summed E-state index contributed by atoms with van der Waals surface area (Å²) < 4.78 is 4.90. The molecule has 0 saturated heterocycles. The zero-order valence-corrected chi connectivity index (χ0v) is 47.5. The summed E-state index contributed by atoms with van der Waals surface area (Å²) in [5, 5.41) is 4.90. The number of benzene rings is 12. The van der Waals surface area contributed by atoms with Crippen molar-refractivity contribution in [2.45, 2.75) is 38.5 Å². The lowest BCUT2D eigenvalue weighted by molar-refractivity contribution is 0.660. The van der Waals surface area contributed by atoms with Gasteiger partial charge in [0, 0.05) is 77.9 Å². The third-order valence-corrected chi connectivity index (χ3v) is 18.3. The minimum atomic E-state index is -0.0895. The Morgan fingerprint density at radius 1 is 0.262 bits per heavy atom. The predicted molar refractivity (Wildman–Crippen MR) is 355 cm³/mol. The summed E-state index contributed by atoms with van der Waals surface area (Å²) >= 11 is 0. The topological polar surface area (TPSA) is 16.3 Å². The first-order valence-electron chi connectivity index (χ1n) is 29.3. The van der Waals surface area contributed by atoms with Crippen LogP contribution in [0.15, 0.2) is 279 Å². The molecule has 14 aromatic rings. The van der Waals surface area contributed by atoms with Gasteiger partial charge in [0.15, 0.2) is 0 Å². The van der Waals surface area contributed by atoms with Crippen molar-refractivity contribution in [3.63, 3.8) is 0 Å². The molecule has 0 saturated carbocycles. The predicted octanol–water partition coefficient (Wildman–Crippen LogP) is 21.6. The molecule has 0 amide bonds. The molecule has 2 heterocycles. The van der Waals surface area contributed by atoms with Crippen LogP contribution in [0.4, 0.5) is 34.1 Å². The SMILES string of the molecule is CC1(C)c2ccccc2-c2ccc(-n3c4ccccc4c4cc(N(c5ccccc5)c5ccc(C=Cc6ccc(N(c7ccccc7)c7ccc8c(c7)c7ccccc7n8-c7ccc8c(c7)C(C)(C)c7ccccc7-8)cc6)cc5)ccc43)cc21. The van der Waals surface area contributed by atoms with E-state index in [0.29, 0.717) is 0 Å². The molecule has 2 aliphatic carbocycles. The summed E-state index contributed by atoms with van der Waals surface area (Å²) in [5.41, 5.74) is 26.7. The molecule has 0 N–H and O–H groups in total. The van der Waals surface area contributed by atoms with Gasteiger partial charge in [-0.1, -0.05) is 198 Å². The molecule has 4 heteroatoms. The number of hydrogen-bond donors (Lipinski definition) is 0.